The van der Waals surface area contributed by atoms with Crippen LogP contribution in [0, 0.1) is 0 Å². The Morgan fingerprint density at radius 3 is 2.34 bits per heavy atom. The minimum Gasteiger partial charge on any atom is -0.383 e. The normalized spacial score (nSPS) is 11.8. The molecular formula is C21H20N4O2S2. The number of hydrogen-bond donors (Lipinski definition) is 2. The Bertz CT molecular complexity index is 1270. The van der Waals surface area contributed by atoms with Gasteiger partial charge in [-0.3, -0.25) is 4.72 Å². The first-order chi connectivity index (χ1) is 13.9. The standard InChI is InChI=1S/C21H20N4O2S2/c1-13(2)19-17(18-20(22)23-12-24-21(18)28-19)14-8-10-15(11-9-14)25-29(26,27)16-6-4-3-5-7-16/h3-13,25H,1-2H3,(H2,22,23,24). The highest BCUT2D eigenvalue weighted by molar-refractivity contribution is 7.92. The van der Waals surface area contributed by atoms with Crippen molar-refractivity contribution in [1.82, 2.24) is 9.97 Å². The lowest BCUT2D eigenvalue weighted by Crippen LogP contribution is -2.12. The molecular weight excluding hydrogens is 404 g/mol. The van der Waals surface area contributed by atoms with E-state index in [4.69, 9.17) is 5.73 Å². The zero-order valence-corrected chi connectivity index (χ0v) is 17.6. The van der Waals surface area contributed by atoms with Gasteiger partial charge in [0.05, 0.1) is 10.3 Å². The zero-order chi connectivity index (χ0) is 20.6. The largest absolute Gasteiger partial charge is 0.383 e. The number of nitrogens with zero attached hydrogens (tertiary/aromatic N) is 2. The van der Waals surface area contributed by atoms with Crippen LogP contribution < -0.4 is 10.5 Å². The average molecular weight is 425 g/mol. The molecule has 3 N–H and O–H groups in total. The fourth-order valence-electron chi connectivity index (χ4n) is 3.18. The summed E-state index contributed by atoms with van der Waals surface area (Å²) in [6.07, 6.45) is 1.48. The lowest BCUT2D eigenvalue weighted by Gasteiger charge is -2.11. The van der Waals surface area contributed by atoms with Crippen LogP contribution in [0.4, 0.5) is 11.5 Å². The number of sulfonamides is 1. The van der Waals surface area contributed by atoms with Gasteiger partial charge in [0.1, 0.15) is 17.0 Å². The van der Waals surface area contributed by atoms with Crippen LogP contribution in [0.1, 0.15) is 24.6 Å². The molecule has 29 heavy (non-hydrogen) atoms. The molecule has 0 saturated carbocycles. The molecule has 0 bridgehead atoms. The fourth-order valence-corrected chi connectivity index (χ4v) is 5.44. The lowest BCUT2D eigenvalue weighted by atomic mass is 9.98. The third-order valence-corrected chi connectivity index (χ3v) is 7.34. The van der Waals surface area contributed by atoms with Gasteiger partial charge in [-0.15, -0.1) is 11.3 Å². The Labute approximate surface area is 173 Å². The topological polar surface area (TPSA) is 98.0 Å². The highest BCUT2D eigenvalue weighted by Crippen LogP contribution is 2.43. The van der Waals surface area contributed by atoms with E-state index in [1.165, 1.54) is 11.2 Å². The molecule has 4 aromatic rings. The molecule has 0 amide bonds. The van der Waals surface area contributed by atoms with E-state index in [-0.39, 0.29) is 4.90 Å². The van der Waals surface area contributed by atoms with Crippen LogP contribution in [0.3, 0.4) is 0 Å². The van der Waals surface area contributed by atoms with Crippen molar-refractivity contribution in [2.24, 2.45) is 0 Å². The van der Waals surface area contributed by atoms with Crippen LogP contribution in [0.15, 0.2) is 65.8 Å². The van der Waals surface area contributed by atoms with Crippen molar-refractivity contribution in [2.75, 3.05) is 10.5 Å². The Hall–Kier alpha value is -2.97. The van der Waals surface area contributed by atoms with E-state index in [0.717, 1.165) is 21.3 Å². The predicted octanol–water partition coefficient (Wildman–Crippen LogP) is 4.86. The van der Waals surface area contributed by atoms with Crippen molar-refractivity contribution >= 4 is 43.1 Å². The summed E-state index contributed by atoms with van der Waals surface area (Å²) in [5.74, 6) is 0.738. The zero-order valence-electron chi connectivity index (χ0n) is 16.0. The molecule has 0 aliphatic heterocycles. The first kappa shape index (κ1) is 19.4. The van der Waals surface area contributed by atoms with Crippen LogP contribution in [-0.2, 0) is 10.0 Å². The molecule has 0 radical (unpaired) electrons. The number of nitrogens with two attached hydrogens (primary N) is 1. The summed E-state index contributed by atoms with van der Waals surface area (Å²) in [5.41, 5.74) is 8.60. The Balaban J connectivity index is 1.73. The average Bonchev–Trinajstić information content (AvgIpc) is 3.10. The van der Waals surface area contributed by atoms with Gasteiger partial charge in [-0.2, -0.15) is 0 Å². The van der Waals surface area contributed by atoms with Crippen molar-refractivity contribution < 1.29 is 8.42 Å². The van der Waals surface area contributed by atoms with Crippen molar-refractivity contribution in [3.8, 4) is 11.1 Å². The van der Waals surface area contributed by atoms with Crippen LogP contribution in [0.25, 0.3) is 21.3 Å². The van der Waals surface area contributed by atoms with Gasteiger partial charge in [0, 0.05) is 16.1 Å². The van der Waals surface area contributed by atoms with Gasteiger partial charge >= 0.3 is 0 Å². The minimum atomic E-state index is -3.63. The van der Waals surface area contributed by atoms with E-state index < -0.39 is 10.0 Å². The number of fused-ring (bicyclic) bond motifs is 1. The first-order valence-corrected chi connectivity index (χ1v) is 11.4. The van der Waals surface area contributed by atoms with Gasteiger partial charge in [-0.05, 0) is 35.7 Å². The maximum atomic E-state index is 12.5. The summed E-state index contributed by atoms with van der Waals surface area (Å²) in [4.78, 5) is 10.8. The highest BCUT2D eigenvalue weighted by atomic mass is 32.2. The van der Waals surface area contributed by atoms with E-state index in [2.05, 4.69) is 28.5 Å². The maximum Gasteiger partial charge on any atom is 0.261 e. The molecule has 148 valence electrons. The second kappa shape index (κ2) is 7.46. The van der Waals surface area contributed by atoms with Gasteiger partial charge in [-0.1, -0.05) is 44.2 Å². The van der Waals surface area contributed by atoms with Crippen LogP contribution in [0.2, 0.25) is 0 Å². The fraction of sp³-hybridized carbons (Fsp3) is 0.143. The molecule has 0 saturated heterocycles. The van der Waals surface area contributed by atoms with E-state index in [9.17, 15) is 8.42 Å². The Morgan fingerprint density at radius 2 is 1.69 bits per heavy atom. The molecule has 0 atom stereocenters. The van der Waals surface area contributed by atoms with Gasteiger partial charge in [0.15, 0.2) is 0 Å². The maximum absolute atomic E-state index is 12.5. The quantitative estimate of drug-likeness (QED) is 0.476. The Kier molecular flexibility index (Phi) is 4.97. The number of aromatic nitrogens is 2. The van der Waals surface area contributed by atoms with Gasteiger partial charge in [0.25, 0.3) is 10.0 Å². The molecule has 0 aliphatic rings. The number of benzene rings is 2. The molecule has 2 aromatic heterocycles. The van der Waals surface area contributed by atoms with Gasteiger partial charge < -0.3 is 5.73 Å². The summed E-state index contributed by atoms with van der Waals surface area (Å²) in [6, 6.07) is 15.6. The Morgan fingerprint density at radius 1 is 1.00 bits per heavy atom. The molecule has 6 nitrogen and oxygen atoms in total. The monoisotopic (exact) mass is 424 g/mol. The van der Waals surface area contributed by atoms with Crippen LogP contribution in [-0.4, -0.2) is 18.4 Å². The molecule has 0 unspecified atom stereocenters. The summed E-state index contributed by atoms with van der Waals surface area (Å²) >= 11 is 1.61. The summed E-state index contributed by atoms with van der Waals surface area (Å²) in [5, 5.41) is 0.846. The third-order valence-electron chi connectivity index (χ3n) is 4.55. The van der Waals surface area contributed by atoms with E-state index in [0.29, 0.717) is 17.4 Å². The van der Waals surface area contributed by atoms with E-state index in [1.807, 2.05) is 12.1 Å². The molecule has 2 heterocycles. The highest BCUT2D eigenvalue weighted by Gasteiger charge is 2.20. The molecule has 2 aromatic carbocycles. The van der Waals surface area contributed by atoms with Crippen molar-refractivity contribution in [2.45, 2.75) is 24.7 Å². The lowest BCUT2D eigenvalue weighted by molar-refractivity contribution is 0.601. The molecule has 0 spiro atoms. The molecule has 4 rings (SSSR count). The number of nitrogen functional groups attached to an aromatic ring is 1. The van der Waals surface area contributed by atoms with Gasteiger partial charge in [0.2, 0.25) is 0 Å². The number of nitrogens with one attached hydrogen (secondary N) is 1. The third kappa shape index (κ3) is 3.68. The van der Waals surface area contributed by atoms with Crippen molar-refractivity contribution in [3.63, 3.8) is 0 Å². The second-order valence-electron chi connectivity index (χ2n) is 6.93. The molecule has 8 heteroatoms. The van der Waals surface area contributed by atoms with E-state index >= 15 is 0 Å². The van der Waals surface area contributed by atoms with Crippen molar-refractivity contribution in [1.29, 1.82) is 0 Å². The van der Waals surface area contributed by atoms with Crippen LogP contribution in [0.5, 0.6) is 0 Å². The molecule has 0 fully saturated rings. The number of rotatable bonds is 5. The minimum absolute atomic E-state index is 0.222. The smallest absolute Gasteiger partial charge is 0.261 e. The van der Waals surface area contributed by atoms with E-state index in [1.54, 1.807) is 53.8 Å². The SMILES string of the molecule is CC(C)c1sc2ncnc(N)c2c1-c1ccc(NS(=O)(=O)c2ccccc2)cc1. The first-order valence-electron chi connectivity index (χ1n) is 9.08. The molecule has 0 aliphatic carbocycles. The number of hydrogen-bond acceptors (Lipinski definition) is 6. The number of thiophene rings is 1. The second-order valence-corrected chi connectivity index (χ2v) is 9.64. The summed E-state index contributed by atoms with van der Waals surface area (Å²) in [7, 11) is -3.63. The van der Waals surface area contributed by atoms with Crippen molar-refractivity contribution in [3.05, 3.63) is 65.8 Å². The summed E-state index contributed by atoms with van der Waals surface area (Å²) in [6.45, 7) is 4.25. The van der Waals surface area contributed by atoms with Crippen LogP contribution >= 0.6 is 11.3 Å². The predicted molar refractivity (Wildman–Crippen MR) is 119 cm³/mol. The van der Waals surface area contributed by atoms with Gasteiger partial charge in [-0.25, -0.2) is 18.4 Å². The summed E-state index contributed by atoms with van der Waals surface area (Å²) < 4.78 is 27.7. The number of anilines is 2.